The van der Waals surface area contributed by atoms with Crippen molar-refractivity contribution in [3.63, 3.8) is 0 Å². The predicted molar refractivity (Wildman–Crippen MR) is 88.6 cm³/mol. The monoisotopic (exact) mass is 319 g/mol. The molecule has 2 heterocycles. The van der Waals surface area contributed by atoms with Crippen LogP contribution in [0.15, 0.2) is 18.3 Å². The average molecular weight is 319 g/mol. The molecule has 6 nitrogen and oxygen atoms in total. The third-order valence-electron chi connectivity index (χ3n) is 4.00. The lowest BCUT2D eigenvalue weighted by Crippen LogP contribution is -2.42. The molecule has 126 valence electrons. The molecule has 0 aliphatic carbocycles. The van der Waals surface area contributed by atoms with Crippen molar-refractivity contribution in [3.8, 4) is 0 Å². The Balaban J connectivity index is 2.16. The van der Waals surface area contributed by atoms with Crippen LogP contribution in [0.2, 0.25) is 0 Å². The summed E-state index contributed by atoms with van der Waals surface area (Å²) in [6.45, 7) is 5.63. The van der Waals surface area contributed by atoms with Gasteiger partial charge in [0.15, 0.2) is 0 Å². The SMILES string of the molecule is CC(C)C[C@@H](NC(=O)c1cccnc1N1CCCCC1)C(=O)O. The second-order valence-corrected chi connectivity index (χ2v) is 6.42. The number of anilines is 1. The number of carboxylic acids is 1. The third-order valence-corrected chi connectivity index (χ3v) is 4.00. The van der Waals surface area contributed by atoms with E-state index in [-0.39, 0.29) is 11.8 Å². The summed E-state index contributed by atoms with van der Waals surface area (Å²) in [5.74, 6) is -0.535. The van der Waals surface area contributed by atoms with Crippen LogP contribution < -0.4 is 10.2 Å². The van der Waals surface area contributed by atoms with Gasteiger partial charge < -0.3 is 15.3 Å². The van der Waals surface area contributed by atoms with E-state index < -0.39 is 12.0 Å². The minimum atomic E-state index is -1.00. The van der Waals surface area contributed by atoms with Gasteiger partial charge in [-0.2, -0.15) is 0 Å². The van der Waals surface area contributed by atoms with Gasteiger partial charge in [0.2, 0.25) is 0 Å². The van der Waals surface area contributed by atoms with Crippen LogP contribution in [0.3, 0.4) is 0 Å². The molecule has 0 spiro atoms. The van der Waals surface area contributed by atoms with Crippen molar-refractivity contribution in [2.24, 2.45) is 5.92 Å². The number of pyridine rings is 1. The number of amides is 1. The fourth-order valence-corrected chi connectivity index (χ4v) is 2.86. The number of nitrogens with one attached hydrogen (secondary N) is 1. The molecule has 1 saturated heterocycles. The van der Waals surface area contributed by atoms with Crippen LogP contribution in [0, 0.1) is 5.92 Å². The molecule has 0 saturated carbocycles. The standard InChI is InChI=1S/C17H25N3O3/c1-12(2)11-14(17(22)23)19-16(21)13-7-6-8-18-15(13)20-9-4-3-5-10-20/h6-8,12,14H,3-5,9-11H2,1-2H3,(H,19,21)(H,22,23)/t14-/m1/s1. The van der Waals surface area contributed by atoms with E-state index in [1.165, 1.54) is 6.42 Å². The zero-order chi connectivity index (χ0) is 16.8. The van der Waals surface area contributed by atoms with E-state index in [2.05, 4.69) is 15.2 Å². The highest BCUT2D eigenvalue weighted by atomic mass is 16.4. The Morgan fingerprint density at radius 1 is 1.30 bits per heavy atom. The summed E-state index contributed by atoms with van der Waals surface area (Å²) in [7, 11) is 0. The number of carbonyl (C=O) groups excluding carboxylic acids is 1. The van der Waals surface area contributed by atoms with E-state index in [1.807, 2.05) is 13.8 Å². The van der Waals surface area contributed by atoms with Crippen LogP contribution in [0.5, 0.6) is 0 Å². The van der Waals surface area contributed by atoms with E-state index in [1.54, 1.807) is 18.3 Å². The topological polar surface area (TPSA) is 82.5 Å². The lowest BCUT2D eigenvalue weighted by atomic mass is 10.0. The minimum absolute atomic E-state index is 0.187. The number of piperidine rings is 1. The number of aromatic nitrogens is 1. The van der Waals surface area contributed by atoms with Gasteiger partial charge in [0, 0.05) is 19.3 Å². The average Bonchev–Trinajstić information content (AvgIpc) is 2.54. The van der Waals surface area contributed by atoms with Crippen molar-refractivity contribution in [1.29, 1.82) is 0 Å². The highest BCUT2D eigenvalue weighted by Crippen LogP contribution is 2.21. The molecule has 1 aliphatic heterocycles. The summed E-state index contributed by atoms with van der Waals surface area (Å²) in [4.78, 5) is 30.4. The second kappa shape index (κ2) is 7.94. The van der Waals surface area contributed by atoms with Crippen LogP contribution in [0.4, 0.5) is 5.82 Å². The third kappa shape index (κ3) is 4.68. The molecule has 1 atom stereocenters. The van der Waals surface area contributed by atoms with Gasteiger partial charge in [-0.1, -0.05) is 13.8 Å². The van der Waals surface area contributed by atoms with Crippen molar-refractivity contribution < 1.29 is 14.7 Å². The molecule has 1 fully saturated rings. The summed E-state index contributed by atoms with van der Waals surface area (Å²) >= 11 is 0. The molecule has 0 bridgehead atoms. The first-order valence-electron chi connectivity index (χ1n) is 8.22. The summed E-state index contributed by atoms with van der Waals surface area (Å²) in [6.07, 6.45) is 5.44. The molecule has 0 aromatic carbocycles. The Labute approximate surface area is 136 Å². The largest absolute Gasteiger partial charge is 0.480 e. The molecule has 1 aromatic heterocycles. The first-order valence-corrected chi connectivity index (χ1v) is 8.22. The maximum atomic E-state index is 12.6. The summed E-state index contributed by atoms with van der Waals surface area (Å²) in [5.41, 5.74) is 0.449. The Morgan fingerprint density at radius 2 is 2.00 bits per heavy atom. The van der Waals surface area contributed by atoms with Crippen molar-refractivity contribution in [1.82, 2.24) is 10.3 Å². The molecule has 0 unspecified atom stereocenters. The molecule has 2 N–H and O–H groups in total. The molecule has 6 heteroatoms. The molecule has 2 rings (SSSR count). The van der Waals surface area contributed by atoms with Crippen molar-refractivity contribution in [2.75, 3.05) is 18.0 Å². The van der Waals surface area contributed by atoms with Crippen LogP contribution in [-0.4, -0.2) is 41.1 Å². The van der Waals surface area contributed by atoms with Gasteiger partial charge in [-0.05, 0) is 43.7 Å². The van der Waals surface area contributed by atoms with E-state index in [9.17, 15) is 14.7 Å². The zero-order valence-corrected chi connectivity index (χ0v) is 13.8. The number of carboxylic acid groups (broad SMARTS) is 1. The van der Waals surface area contributed by atoms with Gasteiger partial charge in [0.25, 0.3) is 5.91 Å². The van der Waals surface area contributed by atoms with Crippen molar-refractivity contribution in [2.45, 2.75) is 45.6 Å². The van der Waals surface area contributed by atoms with Crippen molar-refractivity contribution >= 4 is 17.7 Å². The summed E-state index contributed by atoms with van der Waals surface area (Å²) < 4.78 is 0. The fraction of sp³-hybridized carbons (Fsp3) is 0.588. The molecule has 1 aromatic rings. The number of hydrogen-bond donors (Lipinski definition) is 2. The maximum absolute atomic E-state index is 12.6. The van der Waals surface area contributed by atoms with E-state index in [4.69, 9.17) is 0 Å². The minimum Gasteiger partial charge on any atom is -0.480 e. The molecular weight excluding hydrogens is 294 g/mol. The van der Waals surface area contributed by atoms with Gasteiger partial charge in [-0.15, -0.1) is 0 Å². The Morgan fingerprint density at radius 3 is 2.61 bits per heavy atom. The van der Waals surface area contributed by atoms with Gasteiger partial charge >= 0.3 is 5.97 Å². The highest BCUT2D eigenvalue weighted by molar-refractivity contribution is 6.00. The Hall–Kier alpha value is -2.11. The highest BCUT2D eigenvalue weighted by Gasteiger charge is 2.25. The fourth-order valence-electron chi connectivity index (χ4n) is 2.86. The lowest BCUT2D eigenvalue weighted by Gasteiger charge is -2.29. The summed E-state index contributed by atoms with van der Waals surface area (Å²) in [6, 6.07) is 2.54. The molecular formula is C17H25N3O3. The van der Waals surface area contributed by atoms with E-state index in [0.717, 1.165) is 25.9 Å². The molecule has 0 radical (unpaired) electrons. The van der Waals surface area contributed by atoms with Crippen LogP contribution in [0.25, 0.3) is 0 Å². The first-order chi connectivity index (χ1) is 11.0. The maximum Gasteiger partial charge on any atom is 0.326 e. The molecule has 23 heavy (non-hydrogen) atoms. The first kappa shape index (κ1) is 17.2. The summed E-state index contributed by atoms with van der Waals surface area (Å²) in [5, 5.41) is 11.9. The van der Waals surface area contributed by atoms with Gasteiger partial charge in [-0.25, -0.2) is 9.78 Å². The molecule has 1 aliphatic rings. The predicted octanol–water partition coefficient (Wildman–Crippen LogP) is 2.30. The number of aliphatic carboxylic acids is 1. The van der Waals surface area contributed by atoms with Crippen LogP contribution >= 0.6 is 0 Å². The number of nitrogens with zero attached hydrogens (tertiary/aromatic N) is 2. The van der Waals surface area contributed by atoms with Crippen LogP contribution in [-0.2, 0) is 4.79 Å². The lowest BCUT2D eigenvalue weighted by molar-refractivity contribution is -0.139. The smallest absolute Gasteiger partial charge is 0.326 e. The van der Waals surface area contributed by atoms with Gasteiger partial charge in [0.05, 0.1) is 5.56 Å². The number of rotatable bonds is 6. The second-order valence-electron chi connectivity index (χ2n) is 6.42. The van der Waals surface area contributed by atoms with Crippen LogP contribution in [0.1, 0.15) is 49.9 Å². The molecule has 1 amide bonds. The van der Waals surface area contributed by atoms with E-state index >= 15 is 0 Å². The zero-order valence-electron chi connectivity index (χ0n) is 13.8. The Kier molecular flexibility index (Phi) is 5.96. The number of carbonyl (C=O) groups is 2. The quantitative estimate of drug-likeness (QED) is 0.840. The van der Waals surface area contributed by atoms with E-state index in [0.29, 0.717) is 17.8 Å². The number of hydrogen-bond acceptors (Lipinski definition) is 4. The Bertz CT molecular complexity index is 554. The van der Waals surface area contributed by atoms with Gasteiger partial charge in [-0.3, -0.25) is 4.79 Å². The van der Waals surface area contributed by atoms with Crippen molar-refractivity contribution in [3.05, 3.63) is 23.9 Å². The van der Waals surface area contributed by atoms with Gasteiger partial charge in [0.1, 0.15) is 11.9 Å². The normalized spacial score (nSPS) is 16.2.